The number of fused-ring (bicyclic) bond motifs is 3. The lowest BCUT2D eigenvalue weighted by molar-refractivity contribution is 0.0184. The lowest BCUT2D eigenvalue weighted by Gasteiger charge is -2.56. The fourth-order valence-electron chi connectivity index (χ4n) is 5.81. The summed E-state index contributed by atoms with van der Waals surface area (Å²) >= 11 is 0. The van der Waals surface area contributed by atoms with Gasteiger partial charge in [-0.1, -0.05) is 72.8 Å². The van der Waals surface area contributed by atoms with Crippen molar-refractivity contribution >= 4 is 5.69 Å². The van der Waals surface area contributed by atoms with E-state index in [-0.39, 0.29) is 17.8 Å². The first-order valence-electron chi connectivity index (χ1n) is 11.1. The zero-order valence-electron chi connectivity index (χ0n) is 17.5. The summed E-state index contributed by atoms with van der Waals surface area (Å²) < 4.78 is 14.8. The molecule has 2 bridgehead atoms. The number of hydrogen-bond acceptors (Lipinski definition) is 2. The minimum Gasteiger partial charge on any atom is -0.367 e. The third-order valence-corrected chi connectivity index (χ3v) is 7.17. The van der Waals surface area contributed by atoms with Crippen LogP contribution in [0.4, 0.5) is 10.1 Å². The van der Waals surface area contributed by atoms with Gasteiger partial charge in [-0.15, -0.1) is 0 Å². The molecule has 3 heteroatoms. The van der Waals surface area contributed by atoms with Gasteiger partial charge in [0.25, 0.3) is 0 Å². The van der Waals surface area contributed by atoms with Crippen molar-refractivity contribution in [3.05, 3.63) is 102 Å². The standard InChI is InChI=1S/C27H29FN2/c1-29(24-15-9-8-14-23(24)28)26-22-16-18-30(19-17-22)27(26)25(20-10-4-2-5-11-20)21-12-6-3-7-13-21/h2-15,22,25-27H,16-19H2,1H3/t26-,27-/m1/s1. The summed E-state index contributed by atoms with van der Waals surface area (Å²) in [6, 6.07) is 29.5. The topological polar surface area (TPSA) is 6.48 Å². The van der Waals surface area contributed by atoms with Gasteiger partial charge in [0.15, 0.2) is 0 Å². The quantitative estimate of drug-likeness (QED) is 0.553. The van der Waals surface area contributed by atoms with Crippen LogP contribution in [0, 0.1) is 11.7 Å². The van der Waals surface area contributed by atoms with Gasteiger partial charge in [0.05, 0.1) is 5.69 Å². The zero-order valence-corrected chi connectivity index (χ0v) is 17.5. The summed E-state index contributed by atoms with van der Waals surface area (Å²) in [7, 11) is 2.09. The minimum absolute atomic E-state index is 0.133. The third-order valence-electron chi connectivity index (χ3n) is 7.17. The second kappa shape index (κ2) is 8.23. The van der Waals surface area contributed by atoms with E-state index in [4.69, 9.17) is 0 Å². The lowest BCUT2D eigenvalue weighted by atomic mass is 9.70. The van der Waals surface area contributed by atoms with Crippen LogP contribution in [0.3, 0.4) is 0 Å². The van der Waals surface area contributed by atoms with Gasteiger partial charge in [0.2, 0.25) is 0 Å². The molecule has 3 aliphatic rings. The second-order valence-electron chi connectivity index (χ2n) is 8.72. The molecule has 0 amide bonds. The number of rotatable bonds is 5. The Morgan fingerprint density at radius 1 is 0.800 bits per heavy atom. The van der Waals surface area contributed by atoms with Crippen molar-refractivity contribution in [3.63, 3.8) is 0 Å². The van der Waals surface area contributed by atoms with E-state index in [2.05, 4.69) is 77.5 Å². The molecular weight excluding hydrogens is 371 g/mol. The van der Waals surface area contributed by atoms with Gasteiger partial charge < -0.3 is 4.90 Å². The largest absolute Gasteiger partial charge is 0.367 e. The smallest absolute Gasteiger partial charge is 0.146 e. The van der Waals surface area contributed by atoms with Crippen LogP contribution < -0.4 is 4.90 Å². The van der Waals surface area contributed by atoms with Crippen LogP contribution in [0.5, 0.6) is 0 Å². The Kier molecular flexibility index (Phi) is 5.30. The predicted octanol–water partition coefficient (Wildman–Crippen LogP) is 5.56. The van der Waals surface area contributed by atoms with Gasteiger partial charge in [0, 0.05) is 25.0 Å². The van der Waals surface area contributed by atoms with Crippen molar-refractivity contribution in [3.8, 4) is 0 Å². The van der Waals surface area contributed by atoms with E-state index < -0.39 is 0 Å². The normalized spacial score (nSPS) is 25.4. The molecule has 3 aromatic rings. The summed E-state index contributed by atoms with van der Waals surface area (Å²) in [6.07, 6.45) is 2.38. The molecule has 3 saturated heterocycles. The van der Waals surface area contributed by atoms with Crippen molar-refractivity contribution in [1.29, 1.82) is 0 Å². The Balaban J connectivity index is 1.62. The number of nitrogens with zero attached hydrogens (tertiary/aromatic N) is 2. The van der Waals surface area contributed by atoms with Gasteiger partial charge >= 0.3 is 0 Å². The van der Waals surface area contributed by atoms with E-state index >= 15 is 0 Å². The fourth-order valence-corrected chi connectivity index (χ4v) is 5.81. The highest BCUT2D eigenvalue weighted by Gasteiger charge is 2.48. The number of anilines is 1. The van der Waals surface area contributed by atoms with E-state index in [0.717, 1.165) is 13.1 Å². The number of halogens is 1. The second-order valence-corrected chi connectivity index (χ2v) is 8.72. The molecule has 3 fully saturated rings. The number of para-hydroxylation sites is 1. The van der Waals surface area contributed by atoms with E-state index in [0.29, 0.717) is 17.6 Å². The fraction of sp³-hybridized carbons (Fsp3) is 0.333. The number of hydrogen-bond donors (Lipinski definition) is 0. The van der Waals surface area contributed by atoms with Crippen LogP contribution in [0.2, 0.25) is 0 Å². The van der Waals surface area contributed by atoms with Gasteiger partial charge in [-0.25, -0.2) is 4.39 Å². The molecule has 0 unspecified atom stereocenters. The van der Waals surface area contributed by atoms with Crippen molar-refractivity contribution < 1.29 is 4.39 Å². The lowest BCUT2D eigenvalue weighted by Crippen LogP contribution is -2.65. The van der Waals surface area contributed by atoms with Crippen molar-refractivity contribution in [2.24, 2.45) is 5.92 Å². The molecule has 0 radical (unpaired) electrons. The van der Waals surface area contributed by atoms with E-state index in [1.54, 1.807) is 12.1 Å². The molecule has 0 aliphatic carbocycles. The highest BCUT2D eigenvalue weighted by atomic mass is 19.1. The summed E-state index contributed by atoms with van der Waals surface area (Å²) in [6.45, 7) is 2.26. The van der Waals surface area contributed by atoms with E-state index in [1.165, 1.54) is 24.0 Å². The van der Waals surface area contributed by atoms with Gasteiger partial charge in [-0.2, -0.15) is 0 Å². The first kappa shape index (κ1) is 19.3. The van der Waals surface area contributed by atoms with Gasteiger partial charge in [0.1, 0.15) is 5.82 Å². The summed E-state index contributed by atoms with van der Waals surface area (Å²) in [5, 5.41) is 0. The van der Waals surface area contributed by atoms with Crippen LogP contribution in [-0.2, 0) is 0 Å². The van der Waals surface area contributed by atoms with Crippen LogP contribution in [0.25, 0.3) is 0 Å². The summed E-state index contributed by atoms with van der Waals surface area (Å²) in [4.78, 5) is 4.89. The number of benzene rings is 3. The molecule has 3 aromatic carbocycles. The Labute approximate surface area is 179 Å². The van der Waals surface area contributed by atoms with Crippen LogP contribution in [-0.4, -0.2) is 37.1 Å². The van der Waals surface area contributed by atoms with Crippen LogP contribution in [0.15, 0.2) is 84.9 Å². The Bertz CT molecular complexity index is 927. The Hall–Kier alpha value is -2.65. The highest BCUT2D eigenvalue weighted by molar-refractivity contribution is 5.50. The average Bonchev–Trinajstić information content (AvgIpc) is 2.81. The first-order chi connectivity index (χ1) is 14.7. The molecule has 3 heterocycles. The molecule has 0 spiro atoms. The number of piperidine rings is 3. The van der Waals surface area contributed by atoms with Gasteiger partial charge in [-0.05, 0) is 55.1 Å². The van der Waals surface area contributed by atoms with E-state index in [1.807, 2.05) is 12.1 Å². The summed E-state index contributed by atoms with van der Waals surface area (Å²) in [5.41, 5.74) is 3.39. The van der Waals surface area contributed by atoms with Crippen LogP contribution in [0.1, 0.15) is 29.9 Å². The molecule has 154 valence electrons. The molecule has 6 rings (SSSR count). The molecule has 3 aliphatic heterocycles. The molecule has 30 heavy (non-hydrogen) atoms. The zero-order chi connectivity index (χ0) is 20.5. The minimum atomic E-state index is -0.133. The molecule has 2 nitrogen and oxygen atoms in total. The highest BCUT2D eigenvalue weighted by Crippen LogP contribution is 2.44. The Morgan fingerprint density at radius 2 is 1.33 bits per heavy atom. The third kappa shape index (κ3) is 3.41. The van der Waals surface area contributed by atoms with Crippen molar-refractivity contribution in [2.75, 3.05) is 25.0 Å². The molecular formula is C27H29FN2. The monoisotopic (exact) mass is 400 g/mol. The SMILES string of the molecule is CN(c1ccccc1F)[C@@H]1C2CCN(CC2)[C@@H]1C(c1ccccc1)c1ccccc1. The molecule has 0 N–H and O–H groups in total. The molecule has 2 atom stereocenters. The maximum absolute atomic E-state index is 14.8. The predicted molar refractivity (Wildman–Crippen MR) is 121 cm³/mol. The maximum Gasteiger partial charge on any atom is 0.146 e. The maximum atomic E-state index is 14.8. The summed E-state index contributed by atoms with van der Waals surface area (Å²) in [5.74, 6) is 0.709. The molecule has 0 saturated carbocycles. The van der Waals surface area contributed by atoms with Crippen molar-refractivity contribution in [2.45, 2.75) is 30.8 Å². The van der Waals surface area contributed by atoms with Crippen molar-refractivity contribution in [1.82, 2.24) is 4.90 Å². The Morgan fingerprint density at radius 3 is 1.90 bits per heavy atom. The molecule has 0 aromatic heterocycles. The average molecular weight is 401 g/mol. The van der Waals surface area contributed by atoms with E-state index in [9.17, 15) is 4.39 Å². The van der Waals surface area contributed by atoms with Gasteiger partial charge in [-0.3, -0.25) is 4.90 Å². The van der Waals surface area contributed by atoms with Crippen LogP contribution >= 0.6 is 0 Å². The number of likely N-dealkylation sites (N-methyl/N-ethyl adjacent to an activating group) is 1. The first-order valence-corrected chi connectivity index (χ1v) is 11.1.